The Morgan fingerprint density at radius 2 is 1.83 bits per heavy atom. The first kappa shape index (κ1) is 19.6. The monoisotopic (exact) mass is 392 g/mol. The lowest BCUT2D eigenvalue weighted by Crippen LogP contribution is -2.36. The quantitative estimate of drug-likeness (QED) is 0.574. The van der Waals surface area contributed by atoms with E-state index in [2.05, 4.69) is 32.5 Å². The number of unbranched alkanes of at least 4 members (excludes halogenated alkanes) is 2. The molecule has 6 heteroatoms. The summed E-state index contributed by atoms with van der Waals surface area (Å²) < 4.78 is 5.39. The summed E-state index contributed by atoms with van der Waals surface area (Å²) in [4.78, 5) is 14.5. The summed E-state index contributed by atoms with van der Waals surface area (Å²) in [6.07, 6.45) is 3.60. The molecule has 1 aromatic heterocycles. The zero-order chi connectivity index (χ0) is 19.9. The Morgan fingerprint density at radius 3 is 2.69 bits per heavy atom. The van der Waals surface area contributed by atoms with Crippen molar-refractivity contribution < 1.29 is 4.74 Å². The molecule has 0 bridgehead atoms. The van der Waals surface area contributed by atoms with Crippen LogP contribution in [0.5, 0.6) is 0 Å². The number of rotatable bonds is 8. The van der Waals surface area contributed by atoms with Crippen LogP contribution in [0.1, 0.15) is 19.3 Å². The van der Waals surface area contributed by atoms with E-state index in [0.29, 0.717) is 5.39 Å². The van der Waals surface area contributed by atoms with Crippen molar-refractivity contribution in [1.82, 2.24) is 15.1 Å². The van der Waals surface area contributed by atoms with Crippen LogP contribution >= 0.6 is 0 Å². The van der Waals surface area contributed by atoms with Gasteiger partial charge in [0.05, 0.1) is 24.3 Å². The van der Waals surface area contributed by atoms with Gasteiger partial charge in [0, 0.05) is 36.3 Å². The Kier molecular flexibility index (Phi) is 6.54. The van der Waals surface area contributed by atoms with Gasteiger partial charge in [-0.25, -0.2) is 5.10 Å². The number of hydrogen-bond acceptors (Lipinski definition) is 5. The molecule has 0 amide bonds. The zero-order valence-corrected chi connectivity index (χ0v) is 16.7. The first-order chi connectivity index (χ1) is 14.3. The highest BCUT2D eigenvalue weighted by Gasteiger charge is 2.10. The molecule has 2 heterocycles. The molecule has 1 aliphatic rings. The number of H-pyrrole nitrogens is 1. The third-order valence-corrected chi connectivity index (χ3v) is 5.42. The number of morpholine rings is 1. The minimum absolute atomic E-state index is 0.157. The van der Waals surface area contributed by atoms with E-state index < -0.39 is 0 Å². The molecule has 2 N–H and O–H groups in total. The van der Waals surface area contributed by atoms with Crippen LogP contribution in [0.25, 0.3) is 22.0 Å². The summed E-state index contributed by atoms with van der Waals surface area (Å²) in [5, 5.41) is 12.0. The molecule has 0 saturated carbocycles. The fraction of sp³-hybridized carbons (Fsp3) is 0.391. The third-order valence-electron chi connectivity index (χ3n) is 5.42. The maximum Gasteiger partial charge on any atom is 0.272 e. The molecule has 1 saturated heterocycles. The second kappa shape index (κ2) is 9.67. The summed E-state index contributed by atoms with van der Waals surface area (Å²) in [7, 11) is 0. The summed E-state index contributed by atoms with van der Waals surface area (Å²) >= 11 is 0. The first-order valence-electron chi connectivity index (χ1n) is 10.4. The highest BCUT2D eigenvalue weighted by Crippen LogP contribution is 2.26. The van der Waals surface area contributed by atoms with Crippen LogP contribution < -0.4 is 10.9 Å². The molecule has 3 aromatic rings. The molecule has 4 rings (SSSR count). The van der Waals surface area contributed by atoms with Gasteiger partial charge in [0.2, 0.25) is 0 Å². The molecule has 0 unspecified atom stereocenters. The van der Waals surface area contributed by atoms with Crippen molar-refractivity contribution in [3.05, 3.63) is 58.9 Å². The smallest absolute Gasteiger partial charge is 0.272 e. The lowest BCUT2D eigenvalue weighted by molar-refractivity contribution is 0.0372. The Morgan fingerprint density at radius 1 is 1.00 bits per heavy atom. The molecule has 2 aromatic carbocycles. The van der Waals surface area contributed by atoms with E-state index in [4.69, 9.17) is 4.74 Å². The number of nitrogens with one attached hydrogen (secondary N) is 2. The number of anilines is 1. The van der Waals surface area contributed by atoms with E-state index in [1.54, 1.807) is 0 Å². The minimum Gasteiger partial charge on any atom is -0.385 e. The normalized spacial score (nSPS) is 14.9. The minimum atomic E-state index is -0.157. The predicted molar refractivity (Wildman–Crippen MR) is 117 cm³/mol. The van der Waals surface area contributed by atoms with Gasteiger partial charge >= 0.3 is 0 Å². The fourth-order valence-electron chi connectivity index (χ4n) is 3.81. The average molecular weight is 393 g/mol. The maximum absolute atomic E-state index is 12.0. The van der Waals surface area contributed by atoms with E-state index in [1.165, 1.54) is 19.4 Å². The lowest BCUT2D eigenvalue weighted by atomic mass is 10.0. The number of hydrogen-bond donors (Lipinski definition) is 2. The highest BCUT2D eigenvalue weighted by atomic mass is 16.5. The summed E-state index contributed by atoms with van der Waals surface area (Å²) in [5.74, 6) is 0. The van der Waals surface area contributed by atoms with Gasteiger partial charge in [0.1, 0.15) is 0 Å². The van der Waals surface area contributed by atoms with Crippen molar-refractivity contribution in [3.63, 3.8) is 0 Å². The topological polar surface area (TPSA) is 70.2 Å². The molecule has 0 radical (unpaired) electrons. The Labute approximate surface area is 170 Å². The zero-order valence-electron chi connectivity index (χ0n) is 16.7. The van der Waals surface area contributed by atoms with Gasteiger partial charge in [-0.05, 0) is 37.6 Å². The van der Waals surface area contributed by atoms with Crippen LogP contribution in [-0.4, -0.2) is 54.5 Å². The Hall–Kier alpha value is -2.70. The molecular formula is C23H28N4O2. The molecule has 1 aliphatic heterocycles. The van der Waals surface area contributed by atoms with Crippen LogP contribution in [0.3, 0.4) is 0 Å². The van der Waals surface area contributed by atoms with Crippen LogP contribution in [0.15, 0.2) is 53.3 Å². The van der Waals surface area contributed by atoms with Crippen molar-refractivity contribution in [2.45, 2.75) is 19.3 Å². The third kappa shape index (κ3) is 5.02. The average Bonchev–Trinajstić information content (AvgIpc) is 2.77. The van der Waals surface area contributed by atoms with E-state index in [-0.39, 0.29) is 5.56 Å². The van der Waals surface area contributed by atoms with Gasteiger partial charge in [0.15, 0.2) is 0 Å². The van der Waals surface area contributed by atoms with Gasteiger partial charge in [-0.15, -0.1) is 0 Å². The van der Waals surface area contributed by atoms with Crippen molar-refractivity contribution in [2.24, 2.45) is 0 Å². The lowest BCUT2D eigenvalue weighted by Gasteiger charge is -2.26. The molecule has 29 heavy (non-hydrogen) atoms. The van der Waals surface area contributed by atoms with Crippen LogP contribution in [0.4, 0.5) is 5.69 Å². The fourth-order valence-corrected chi connectivity index (χ4v) is 3.81. The standard InChI is InChI=1S/C23H28N4O2/c28-23-21-10-3-2-9-20(21)22(25-26-23)18-7-6-8-19(17-18)24-11-4-1-5-12-27-13-15-29-16-14-27/h2-3,6-10,17,24H,1,4-5,11-16H2,(H,26,28). The summed E-state index contributed by atoms with van der Waals surface area (Å²) in [6.45, 7) is 6.00. The van der Waals surface area contributed by atoms with Crippen molar-refractivity contribution in [1.29, 1.82) is 0 Å². The number of aromatic nitrogens is 2. The number of fused-ring (bicyclic) bond motifs is 1. The Bertz CT molecular complexity index is 995. The van der Waals surface area contributed by atoms with Crippen molar-refractivity contribution in [3.8, 4) is 11.3 Å². The van der Waals surface area contributed by atoms with Gasteiger partial charge in [-0.1, -0.05) is 36.8 Å². The van der Waals surface area contributed by atoms with Gasteiger partial charge in [-0.3, -0.25) is 9.69 Å². The molecule has 6 nitrogen and oxygen atoms in total. The largest absolute Gasteiger partial charge is 0.385 e. The maximum atomic E-state index is 12.0. The van der Waals surface area contributed by atoms with Gasteiger partial charge < -0.3 is 10.1 Å². The number of ether oxygens (including phenoxy) is 1. The molecule has 0 aliphatic carbocycles. The van der Waals surface area contributed by atoms with E-state index in [0.717, 1.165) is 61.6 Å². The molecular weight excluding hydrogens is 364 g/mol. The Balaban J connectivity index is 1.32. The molecule has 0 spiro atoms. The van der Waals surface area contributed by atoms with Crippen molar-refractivity contribution in [2.75, 3.05) is 44.7 Å². The first-order valence-corrected chi connectivity index (χ1v) is 10.4. The molecule has 1 fully saturated rings. The number of benzene rings is 2. The van der Waals surface area contributed by atoms with Crippen LogP contribution in [-0.2, 0) is 4.74 Å². The predicted octanol–water partition coefficient (Wildman–Crippen LogP) is 3.50. The second-order valence-corrected chi connectivity index (χ2v) is 7.47. The highest BCUT2D eigenvalue weighted by molar-refractivity contribution is 5.94. The van der Waals surface area contributed by atoms with Crippen molar-refractivity contribution >= 4 is 16.5 Å². The summed E-state index contributed by atoms with van der Waals surface area (Å²) in [5.41, 5.74) is 2.72. The second-order valence-electron chi connectivity index (χ2n) is 7.47. The SMILES string of the molecule is O=c1[nH]nc(-c2cccc(NCCCCCN3CCOCC3)c2)c2ccccc12. The van der Waals surface area contributed by atoms with Gasteiger partial charge in [-0.2, -0.15) is 5.10 Å². The van der Waals surface area contributed by atoms with E-state index in [1.807, 2.05) is 36.4 Å². The van der Waals surface area contributed by atoms with E-state index in [9.17, 15) is 4.79 Å². The van der Waals surface area contributed by atoms with Gasteiger partial charge in [0.25, 0.3) is 5.56 Å². The van der Waals surface area contributed by atoms with E-state index >= 15 is 0 Å². The molecule has 152 valence electrons. The number of nitrogens with zero attached hydrogens (tertiary/aromatic N) is 2. The summed E-state index contributed by atoms with van der Waals surface area (Å²) in [6, 6.07) is 15.8. The number of aromatic amines is 1. The van der Waals surface area contributed by atoms with Crippen LogP contribution in [0.2, 0.25) is 0 Å². The molecule has 0 atom stereocenters. The van der Waals surface area contributed by atoms with Crippen LogP contribution in [0, 0.1) is 0 Å².